The molecule has 2 N–H and O–H groups in total. The van der Waals surface area contributed by atoms with Gasteiger partial charge in [-0.1, -0.05) is 0 Å². The van der Waals surface area contributed by atoms with Gasteiger partial charge in [0.05, 0.1) is 12.6 Å². The Morgan fingerprint density at radius 3 is 3.00 bits per heavy atom. The molecule has 8 nitrogen and oxygen atoms in total. The van der Waals surface area contributed by atoms with Crippen LogP contribution in [0.15, 0.2) is 34.2 Å². The van der Waals surface area contributed by atoms with Crippen LogP contribution < -0.4 is 11.2 Å². The molecule has 3 heterocycles. The van der Waals surface area contributed by atoms with Gasteiger partial charge in [0.2, 0.25) is 0 Å². The van der Waals surface area contributed by atoms with Gasteiger partial charge in [-0.3, -0.25) is 19.0 Å². The first-order chi connectivity index (χ1) is 10.1. The lowest BCUT2D eigenvalue weighted by molar-refractivity contribution is -0.0322. The van der Waals surface area contributed by atoms with E-state index in [1.54, 1.807) is 30.1 Å². The molecule has 0 aromatic carbocycles. The summed E-state index contributed by atoms with van der Waals surface area (Å²) in [6, 6.07) is 1.63. The van der Waals surface area contributed by atoms with Crippen molar-refractivity contribution in [2.45, 2.75) is 31.7 Å². The van der Waals surface area contributed by atoms with Crippen molar-refractivity contribution in [2.24, 2.45) is 0 Å². The summed E-state index contributed by atoms with van der Waals surface area (Å²) in [5.74, 6) is 0. The summed E-state index contributed by atoms with van der Waals surface area (Å²) in [5.41, 5.74) is -0.494. The van der Waals surface area contributed by atoms with Crippen molar-refractivity contribution < 1.29 is 9.84 Å². The van der Waals surface area contributed by atoms with E-state index in [1.807, 2.05) is 0 Å². The average molecular weight is 292 g/mol. The van der Waals surface area contributed by atoms with Gasteiger partial charge in [0.1, 0.15) is 12.3 Å². The second-order valence-electron chi connectivity index (χ2n) is 5.08. The van der Waals surface area contributed by atoms with Crippen LogP contribution >= 0.6 is 0 Å². The summed E-state index contributed by atoms with van der Waals surface area (Å²) in [6.45, 7) is 1.45. The zero-order chi connectivity index (χ0) is 15.0. The van der Waals surface area contributed by atoms with Crippen molar-refractivity contribution in [1.82, 2.24) is 19.3 Å². The molecule has 0 unspecified atom stereocenters. The molecule has 1 fully saturated rings. The van der Waals surface area contributed by atoms with Crippen LogP contribution in [0.2, 0.25) is 0 Å². The molecule has 0 amide bonds. The molecule has 3 rings (SSSR count). The smallest absolute Gasteiger partial charge is 0.330 e. The molecule has 0 spiro atoms. The van der Waals surface area contributed by atoms with E-state index in [4.69, 9.17) is 4.74 Å². The zero-order valence-electron chi connectivity index (χ0n) is 11.5. The minimum absolute atomic E-state index is 0.158. The van der Waals surface area contributed by atoms with E-state index in [-0.39, 0.29) is 12.6 Å². The predicted molar refractivity (Wildman–Crippen MR) is 72.9 cm³/mol. The fourth-order valence-electron chi connectivity index (χ4n) is 2.61. The normalized spacial score (nSPS) is 25.3. The van der Waals surface area contributed by atoms with Gasteiger partial charge < -0.3 is 9.84 Å². The number of ether oxygens (including phenoxy) is 1. The molecule has 1 aliphatic heterocycles. The molecule has 8 heteroatoms. The lowest BCUT2D eigenvalue weighted by Crippen LogP contribution is -2.33. The Bertz CT molecular complexity index is 733. The van der Waals surface area contributed by atoms with Crippen molar-refractivity contribution in [1.29, 1.82) is 0 Å². The van der Waals surface area contributed by atoms with Crippen molar-refractivity contribution in [2.75, 3.05) is 6.61 Å². The summed E-state index contributed by atoms with van der Waals surface area (Å²) in [5, 5.41) is 13.6. The maximum Gasteiger partial charge on any atom is 0.330 e. The number of aliphatic hydroxyl groups excluding tert-OH is 1. The molecule has 0 saturated carbocycles. The highest BCUT2D eigenvalue weighted by atomic mass is 16.5. The lowest BCUT2D eigenvalue weighted by Gasteiger charge is -2.16. The van der Waals surface area contributed by atoms with E-state index < -0.39 is 23.6 Å². The third-order valence-corrected chi connectivity index (χ3v) is 3.70. The number of nitrogens with zero attached hydrogens (tertiary/aromatic N) is 3. The number of aromatic amines is 1. The number of aromatic nitrogens is 4. The van der Waals surface area contributed by atoms with Crippen LogP contribution in [-0.2, 0) is 4.74 Å². The fraction of sp³-hybridized carbons (Fsp3) is 0.462. The summed E-state index contributed by atoms with van der Waals surface area (Å²) >= 11 is 0. The van der Waals surface area contributed by atoms with Gasteiger partial charge >= 0.3 is 5.69 Å². The number of rotatable bonds is 3. The van der Waals surface area contributed by atoms with Gasteiger partial charge in [0, 0.05) is 30.6 Å². The first kappa shape index (κ1) is 13.8. The first-order valence-corrected chi connectivity index (χ1v) is 6.67. The van der Waals surface area contributed by atoms with E-state index in [9.17, 15) is 14.7 Å². The van der Waals surface area contributed by atoms with Crippen molar-refractivity contribution in [3.63, 3.8) is 0 Å². The molecular weight excluding hydrogens is 276 g/mol. The monoisotopic (exact) mass is 292 g/mol. The molecule has 2 aromatic rings. The Morgan fingerprint density at radius 2 is 2.33 bits per heavy atom. The van der Waals surface area contributed by atoms with Crippen LogP contribution in [0.3, 0.4) is 0 Å². The van der Waals surface area contributed by atoms with Crippen LogP contribution in [-0.4, -0.2) is 37.1 Å². The number of hydrogen-bond donors (Lipinski definition) is 2. The molecular formula is C13H16N4O4. The number of nitrogens with one attached hydrogen (secondary N) is 1. The van der Waals surface area contributed by atoms with Crippen molar-refractivity contribution in [3.05, 3.63) is 51.1 Å². The van der Waals surface area contributed by atoms with Gasteiger partial charge in [-0.2, -0.15) is 5.10 Å². The summed E-state index contributed by atoms with van der Waals surface area (Å²) in [7, 11) is 0. The Morgan fingerprint density at radius 1 is 1.52 bits per heavy atom. The lowest BCUT2D eigenvalue weighted by atomic mass is 10.1. The third-order valence-electron chi connectivity index (χ3n) is 3.70. The molecule has 0 aliphatic carbocycles. The summed E-state index contributed by atoms with van der Waals surface area (Å²) < 4.78 is 8.80. The van der Waals surface area contributed by atoms with E-state index in [0.29, 0.717) is 12.0 Å². The fourth-order valence-corrected chi connectivity index (χ4v) is 2.61. The predicted octanol–water partition coefficient (Wildman–Crippen LogP) is -0.437. The van der Waals surface area contributed by atoms with E-state index in [2.05, 4.69) is 10.1 Å². The molecule has 1 saturated heterocycles. The molecule has 0 radical (unpaired) electrons. The quantitative estimate of drug-likeness (QED) is 0.798. The Kier molecular flexibility index (Phi) is 3.48. The number of aryl methyl sites for hydroxylation is 1. The van der Waals surface area contributed by atoms with Gasteiger partial charge in [-0.25, -0.2) is 4.79 Å². The number of H-pyrrole nitrogens is 1. The van der Waals surface area contributed by atoms with Crippen LogP contribution in [0.25, 0.3) is 0 Å². The van der Waals surface area contributed by atoms with Gasteiger partial charge in [-0.05, 0) is 13.0 Å². The van der Waals surface area contributed by atoms with Crippen LogP contribution in [0.5, 0.6) is 0 Å². The first-order valence-electron chi connectivity index (χ1n) is 6.67. The standard InChI is InChI=1S/C13H16N4O4/c1-8-6-16(13(20)15-12(8)19)11-5-9(10(7-18)21-11)17-4-2-3-14-17/h2-4,6,9-11,18H,5,7H2,1H3,(H,15,19,20)/t9-,10+,11+/m0/s1. The molecule has 1 aliphatic rings. The summed E-state index contributed by atoms with van der Waals surface area (Å²) in [4.78, 5) is 25.6. The molecule has 112 valence electrons. The largest absolute Gasteiger partial charge is 0.394 e. The second kappa shape index (κ2) is 5.30. The minimum atomic E-state index is -0.542. The maximum atomic E-state index is 11.9. The number of aliphatic hydroxyl groups is 1. The average Bonchev–Trinajstić information content (AvgIpc) is 3.10. The Labute approximate surface area is 119 Å². The number of hydrogen-bond acceptors (Lipinski definition) is 5. The highest BCUT2D eigenvalue weighted by Crippen LogP contribution is 2.35. The SMILES string of the molecule is Cc1cn([C@H]2C[C@H](n3cccn3)[C@@H](CO)O2)c(=O)[nH]c1=O. The third kappa shape index (κ3) is 2.43. The van der Waals surface area contributed by atoms with Crippen molar-refractivity contribution >= 4 is 0 Å². The van der Waals surface area contributed by atoms with E-state index >= 15 is 0 Å². The van der Waals surface area contributed by atoms with Crippen LogP contribution in [0.4, 0.5) is 0 Å². The molecule has 3 atom stereocenters. The van der Waals surface area contributed by atoms with Gasteiger partial charge in [-0.15, -0.1) is 0 Å². The highest BCUT2D eigenvalue weighted by Gasteiger charge is 2.37. The van der Waals surface area contributed by atoms with Crippen molar-refractivity contribution in [3.8, 4) is 0 Å². The van der Waals surface area contributed by atoms with Crippen LogP contribution in [0, 0.1) is 6.92 Å². The Hall–Kier alpha value is -2.19. The molecule has 0 bridgehead atoms. The second-order valence-corrected chi connectivity index (χ2v) is 5.08. The molecule has 21 heavy (non-hydrogen) atoms. The molecule has 2 aromatic heterocycles. The van der Waals surface area contributed by atoms with Crippen LogP contribution in [0.1, 0.15) is 24.3 Å². The zero-order valence-corrected chi connectivity index (χ0v) is 11.5. The highest BCUT2D eigenvalue weighted by molar-refractivity contribution is 5.02. The topological polar surface area (TPSA) is 102 Å². The minimum Gasteiger partial charge on any atom is -0.394 e. The van der Waals surface area contributed by atoms with E-state index in [1.165, 1.54) is 10.8 Å². The Balaban J connectivity index is 1.93. The summed E-state index contributed by atoms with van der Waals surface area (Å²) in [6.07, 6.45) is 4.41. The van der Waals surface area contributed by atoms with Gasteiger partial charge in [0.25, 0.3) is 5.56 Å². The maximum absolute atomic E-state index is 11.9. The van der Waals surface area contributed by atoms with E-state index in [0.717, 1.165) is 0 Å². The van der Waals surface area contributed by atoms with Gasteiger partial charge in [0.15, 0.2) is 0 Å².